The van der Waals surface area contributed by atoms with Crippen LogP contribution in [0.2, 0.25) is 0 Å². The maximum Gasteiger partial charge on any atom is 0.244 e. The minimum absolute atomic E-state index is 0. The molecule has 23 heavy (non-hydrogen) atoms. The van der Waals surface area contributed by atoms with Gasteiger partial charge in [0.15, 0.2) is 0 Å². The third kappa shape index (κ3) is 5.06. The van der Waals surface area contributed by atoms with Crippen molar-refractivity contribution in [1.29, 1.82) is 0 Å². The molecule has 1 aliphatic rings. The summed E-state index contributed by atoms with van der Waals surface area (Å²) >= 11 is 3.34. The molecule has 0 spiro atoms. The van der Waals surface area contributed by atoms with E-state index in [2.05, 4.69) is 28.2 Å². The van der Waals surface area contributed by atoms with Crippen molar-refractivity contribution in [2.24, 2.45) is 5.92 Å². The first-order valence-corrected chi connectivity index (χ1v) is 9.76. The number of hydrogen-bond acceptors (Lipinski definition) is 4. The topological polar surface area (TPSA) is 58.6 Å². The summed E-state index contributed by atoms with van der Waals surface area (Å²) in [6, 6.07) is 5.03. The quantitative estimate of drug-likeness (QED) is 0.758. The lowest BCUT2D eigenvalue weighted by Gasteiger charge is -2.31. The van der Waals surface area contributed by atoms with Crippen molar-refractivity contribution in [3.05, 3.63) is 22.7 Å². The third-order valence-electron chi connectivity index (χ3n) is 4.01. The minimum Gasteiger partial charge on any atom is -0.497 e. The van der Waals surface area contributed by atoms with E-state index in [0.29, 0.717) is 29.2 Å². The zero-order valence-electron chi connectivity index (χ0n) is 13.4. The van der Waals surface area contributed by atoms with Gasteiger partial charge in [0.25, 0.3) is 0 Å². The van der Waals surface area contributed by atoms with Gasteiger partial charge in [0.2, 0.25) is 10.0 Å². The predicted molar refractivity (Wildman–Crippen MR) is 98.0 cm³/mol. The monoisotopic (exact) mass is 426 g/mol. The Bertz CT molecular complexity index is 605. The predicted octanol–water partition coefficient (Wildman–Crippen LogP) is 2.89. The Labute approximate surface area is 153 Å². The van der Waals surface area contributed by atoms with Crippen LogP contribution in [0.1, 0.15) is 19.8 Å². The van der Waals surface area contributed by atoms with Gasteiger partial charge in [-0.25, -0.2) is 8.42 Å². The van der Waals surface area contributed by atoms with E-state index in [1.165, 1.54) is 7.11 Å². The van der Waals surface area contributed by atoms with Gasteiger partial charge in [0.1, 0.15) is 10.6 Å². The van der Waals surface area contributed by atoms with E-state index in [-0.39, 0.29) is 17.3 Å². The van der Waals surface area contributed by atoms with Crippen LogP contribution < -0.4 is 10.1 Å². The normalized spacial score (nSPS) is 16.8. The first-order valence-electron chi connectivity index (χ1n) is 7.53. The van der Waals surface area contributed by atoms with Gasteiger partial charge in [-0.1, -0.05) is 6.92 Å². The molecule has 1 aromatic carbocycles. The van der Waals surface area contributed by atoms with Gasteiger partial charge in [0, 0.05) is 23.6 Å². The smallest absolute Gasteiger partial charge is 0.244 e. The van der Waals surface area contributed by atoms with Crippen LogP contribution >= 0.6 is 28.3 Å². The van der Waals surface area contributed by atoms with Crippen LogP contribution in [0, 0.1) is 5.92 Å². The number of nitrogens with one attached hydrogen (secondary N) is 1. The van der Waals surface area contributed by atoms with E-state index < -0.39 is 10.0 Å². The Morgan fingerprint density at radius 2 is 2.00 bits per heavy atom. The molecule has 0 radical (unpaired) electrons. The molecule has 0 amide bonds. The molecule has 1 aliphatic heterocycles. The second-order valence-electron chi connectivity index (χ2n) is 5.45. The van der Waals surface area contributed by atoms with Crippen molar-refractivity contribution in [2.45, 2.75) is 24.7 Å². The van der Waals surface area contributed by atoms with Crippen molar-refractivity contribution in [2.75, 3.05) is 33.3 Å². The Balaban J connectivity index is 0.00000264. The van der Waals surface area contributed by atoms with Crippen LogP contribution in [0.5, 0.6) is 5.75 Å². The molecule has 1 heterocycles. The fourth-order valence-corrected chi connectivity index (χ4v) is 5.06. The molecule has 0 aliphatic carbocycles. The first-order chi connectivity index (χ1) is 10.5. The maximum atomic E-state index is 12.8. The van der Waals surface area contributed by atoms with Gasteiger partial charge in [-0.3, -0.25) is 0 Å². The number of ether oxygens (including phenoxy) is 1. The summed E-state index contributed by atoms with van der Waals surface area (Å²) in [5.74, 6) is 1.10. The van der Waals surface area contributed by atoms with Crippen LogP contribution in [0.3, 0.4) is 0 Å². The highest BCUT2D eigenvalue weighted by Gasteiger charge is 2.30. The third-order valence-corrected chi connectivity index (χ3v) is 6.91. The summed E-state index contributed by atoms with van der Waals surface area (Å²) in [6.07, 6.45) is 1.79. The van der Waals surface area contributed by atoms with E-state index >= 15 is 0 Å². The number of rotatable bonds is 6. The number of sulfonamides is 1. The Morgan fingerprint density at radius 1 is 1.35 bits per heavy atom. The highest BCUT2D eigenvalue weighted by atomic mass is 79.9. The van der Waals surface area contributed by atoms with Crippen LogP contribution in [0.15, 0.2) is 27.6 Å². The van der Waals surface area contributed by atoms with E-state index in [1.807, 2.05) is 0 Å². The minimum atomic E-state index is -3.48. The zero-order chi connectivity index (χ0) is 16.2. The van der Waals surface area contributed by atoms with Crippen LogP contribution in [0.4, 0.5) is 0 Å². The van der Waals surface area contributed by atoms with Gasteiger partial charge in [-0.2, -0.15) is 4.31 Å². The SMILES string of the molecule is CCNCC1CCN(S(=O)(=O)c2cc(OC)ccc2Br)CC1.Cl. The van der Waals surface area contributed by atoms with Gasteiger partial charge in [-0.05, 0) is 59.9 Å². The zero-order valence-corrected chi connectivity index (χ0v) is 16.6. The van der Waals surface area contributed by atoms with Crippen LogP contribution in [0.25, 0.3) is 0 Å². The van der Waals surface area contributed by atoms with Crippen molar-refractivity contribution in [3.8, 4) is 5.75 Å². The summed E-state index contributed by atoms with van der Waals surface area (Å²) in [7, 11) is -1.95. The molecule has 0 unspecified atom stereocenters. The van der Waals surface area contributed by atoms with Crippen LogP contribution in [-0.4, -0.2) is 46.0 Å². The van der Waals surface area contributed by atoms with Crippen molar-refractivity contribution in [3.63, 3.8) is 0 Å². The van der Waals surface area contributed by atoms with Gasteiger partial charge < -0.3 is 10.1 Å². The van der Waals surface area contributed by atoms with Crippen molar-refractivity contribution >= 4 is 38.4 Å². The molecule has 1 N–H and O–H groups in total. The summed E-state index contributed by atoms with van der Waals surface area (Å²) in [4.78, 5) is 0.275. The average molecular weight is 428 g/mol. The summed E-state index contributed by atoms with van der Waals surface area (Å²) < 4.78 is 32.9. The molecule has 1 saturated heterocycles. The molecule has 132 valence electrons. The molecule has 0 aromatic heterocycles. The molecular weight excluding hydrogens is 404 g/mol. The lowest BCUT2D eigenvalue weighted by atomic mass is 9.98. The molecular formula is C15H24BrClN2O3S. The molecule has 0 bridgehead atoms. The molecule has 0 saturated carbocycles. The lowest BCUT2D eigenvalue weighted by Crippen LogP contribution is -2.40. The molecule has 1 fully saturated rings. The van der Waals surface area contributed by atoms with Crippen LogP contribution in [-0.2, 0) is 10.0 Å². The number of benzene rings is 1. The van der Waals surface area contributed by atoms with Gasteiger partial charge >= 0.3 is 0 Å². The second kappa shape index (κ2) is 9.22. The fraction of sp³-hybridized carbons (Fsp3) is 0.600. The molecule has 2 rings (SSSR count). The summed E-state index contributed by atoms with van der Waals surface area (Å²) in [5.41, 5.74) is 0. The molecule has 0 atom stereocenters. The largest absolute Gasteiger partial charge is 0.497 e. The Morgan fingerprint density at radius 3 is 2.57 bits per heavy atom. The summed E-state index contributed by atoms with van der Waals surface area (Å²) in [5, 5.41) is 3.34. The fourth-order valence-electron chi connectivity index (χ4n) is 2.65. The highest BCUT2D eigenvalue weighted by Crippen LogP contribution is 2.31. The molecule has 5 nitrogen and oxygen atoms in total. The van der Waals surface area contributed by atoms with E-state index in [1.54, 1.807) is 22.5 Å². The number of methoxy groups -OCH3 is 1. The van der Waals surface area contributed by atoms with Gasteiger partial charge in [0.05, 0.1) is 7.11 Å². The van der Waals surface area contributed by atoms with Crippen molar-refractivity contribution < 1.29 is 13.2 Å². The molecule has 8 heteroatoms. The second-order valence-corrected chi connectivity index (χ2v) is 8.21. The number of hydrogen-bond donors (Lipinski definition) is 1. The highest BCUT2D eigenvalue weighted by molar-refractivity contribution is 9.10. The number of halogens is 2. The maximum absolute atomic E-state index is 12.8. The summed E-state index contributed by atoms with van der Waals surface area (Å²) in [6.45, 7) is 5.15. The Kier molecular flexibility index (Phi) is 8.30. The van der Waals surface area contributed by atoms with Crippen molar-refractivity contribution in [1.82, 2.24) is 9.62 Å². The number of piperidine rings is 1. The Hall–Kier alpha value is -0.340. The van der Waals surface area contributed by atoms with E-state index in [0.717, 1.165) is 25.9 Å². The van der Waals surface area contributed by atoms with Gasteiger partial charge in [-0.15, -0.1) is 12.4 Å². The lowest BCUT2D eigenvalue weighted by molar-refractivity contribution is 0.268. The average Bonchev–Trinajstić information content (AvgIpc) is 2.53. The molecule has 1 aromatic rings. The number of nitrogens with zero attached hydrogens (tertiary/aromatic N) is 1. The van der Waals surface area contributed by atoms with E-state index in [4.69, 9.17) is 4.74 Å². The standard InChI is InChI=1S/C15H23BrN2O3S.ClH/c1-3-17-11-12-6-8-18(9-7-12)22(19,20)15-10-13(21-2)4-5-14(15)16;/h4-5,10,12,17H,3,6-9,11H2,1-2H3;1H. The van der Waals surface area contributed by atoms with E-state index in [9.17, 15) is 8.42 Å². The first kappa shape index (κ1) is 20.7.